The molecule has 0 spiro atoms. The van der Waals surface area contributed by atoms with E-state index < -0.39 is 5.97 Å². The highest BCUT2D eigenvalue weighted by atomic mass is 16.5. The molecule has 0 bridgehead atoms. The van der Waals surface area contributed by atoms with Crippen molar-refractivity contribution >= 4 is 28.5 Å². The molecule has 31 heavy (non-hydrogen) atoms. The van der Waals surface area contributed by atoms with E-state index in [-0.39, 0.29) is 23.8 Å². The number of ether oxygens (including phenoxy) is 4. The van der Waals surface area contributed by atoms with Gasteiger partial charge < -0.3 is 28.7 Å². The summed E-state index contributed by atoms with van der Waals surface area (Å²) in [6.45, 7) is 4.75. The van der Waals surface area contributed by atoms with Crippen LogP contribution < -0.4 is 19.5 Å². The lowest BCUT2D eigenvalue weighted by Gasteiger charge is -2.12. The topological polar surface area (TPSA) is 96.2 Å². The molecule has 0 fully saturated rings. The minimum Gasteiger partial charge on any atom is -0.497 e. The molecule has 0 saturated carbocycles. The molecule has 0 aliphatic rings. The van der Waals surface area contributed by atoms with Gasteiger partial charge in [0.2, 0.25) is 11.7 Å². The smallest absolute Gasteiger partial charge is 0.376 e. The summed E-state index contributed by atoms with van der Waals surface area (Å²) in [6, 6.07) is 10.4. The van der Waals surface area contributed by atoms with Crippen molar-refractivity contribution in [2.45, 2.75) is 20.3 Å². The molecule has 3 rings (SSSR count). The molecule has 1 heterocycles. The van der Waals surface area contributed by atoms with Crippen LogP contribution in [0.5, 0.6) is 17.2 Å². The highest BCUT2D eigenvalue weighted by molar-refractivity contribution is 6.10. The number of anilines is 1. The number of carbonyl (C=O) groups excluding carboxylic acids is 2. The maximum Gasteiger partial charge on any atom is 0.376 e. The van der Waals surface area contributed by atoms with Gasteiger partial charge in [-0.15, -0.1) is 0 Å². The predicted octanol–water partition coefficient (Wildman–Crippen LogP) is 4.21. The number of furan rings is 1. The average molecular weight is 427 g/mol. The van der Waals surface area contributed by atoms with Gasteiger partial charge in [0.15, 0.2) is 11.5 Å². The van der Waals surface area contributed by atoms with Crippen LogP contribution in [-0.2, 0) is 16.0 Å². The van der Waals surface area contributed by atoms with Crippen molar-refractivity contribution in [2.24, 2.45) is 0 Å². The van der Waals surface area contributed by atoms with Gasteiger partial charge in [0, 0.05) is 5.39 Å². The Bertz CT molecular complexity index is 1090. The van der Waals surface area contributed by atoms with Crippen LogP contribution in [-0.4, -0.2) is 39.3 Å². The molecule has 8 heteroatoms. The Morgan fingerprint density at radius 3 is 2.39 bits per heavy atom. The number of benzene rings is 2. The summed E-state index contributed by atoms with van der Waals surface area (Å²) in [5.41, 5.74) is 1.40. The maximum absolute atomic E-state index is 12.8. The van der Waals surface area contributed by atoms with Crippen LogP contribution in [0, 0.1) is 0 Å². The first-order chi connectivity index (χ1) is 15.0. The molecular formula is C23H25NO7. The van der Waals surface area contributed by atoms with E-state index in [0.29, 0.717) is 41.4 Å². The van der Waals surface area contributed by atoms with E-state index >= 15 is 0 Å². The van der Waals surface area contributed by atoms with Gasteiger partial charge in [-0.2, -0.15) is 0 Å². The largest absolute Gasteiger partial charge is 0.497 e. The second-order valence-corrected chi connectivity index (χ2v) is 6.53. The Kier molecular flexibility index (Phi) is 7.02. The number of methoxy groups -OCH3 is 2. The zero-order valence-corrected chi connectivity index (χ0v) is 17.9. The highest BCUT2D eigenvalue weighted by Crippen LogP contribution is 2.34. The van der Waals surface area contributed by atoms with Crippen molar-refractivity contribution in [2.75, 3.05) is 32.8 Å². The molecule has 1 N–H and O–H groups in total. The fraction of sp³-hybridized carbons (Fsp3) is 0.304. The first kappa shape index (κ1) is 22.0. The second kappa shape index (κ2) is 9.88. The molecule has 0 aliphatic heterocycles. The third-order valence-corrected chi connectivity index (χ3v) is 4.50. The lowest BCUT2D eigenvalue weighted by atomic mass is 10.1. The highest BCUT2D eigenvalue weighted by Gasteiger charge is 2.23. The van der Waals surface area contributed by atoms with Crippen LogP contribution in [0.15, 0.2) is 40.8 Å². The number of fused-ring (bicyclic) bond motifs is 1. The lowest BCUT2D eigenvalue weighted by Crippen LogP contribution is -2.16. The first-order valence-electron chi connectivity index (χ1n) is 9.87. The Hall–Kier alpha value is -3.68. The van der Waals surface area contributed by atoms with Gasteiger partial charge in [0.05, 0.1) is 33.9 Å². The van der Waals surface area contributed by atoms with E-state index in [4.69, 9.17) is 23.4 Å². The molecule has 1 aromatic heterocycles. The van der Waals surface area contributed by atoms with Crippen LogP contribution in [0.2, 0.25) is 0 Å². The maximum atomic E-state index is 12.8. The summed E-state index contributed by atoms with van der Waals surface area (Å²) in [7, 11) is 2.78. The Labute approximate surface area is 180 Å². The number of rotatable bonds is 9. The monoisotopic (exact) mass is 427 g/mol. The van der Waals surface area contributed by atoms with Crippen molar-refractivity contribution in [1.82, 2.24) is 0 Å². The van der Waals surface area contributed by atoms with Gasteiger partial charge in [-0.05, 0) is 49.7 Å². The minimum absolute atomic E-state index is 0.0593. The average Bonchev–Trinajstić information content (AvgIpc) is 3.12. The molecule has 0 radical (unpaired) electrons. The minimum atomic E-state index is -0.690. The molecule has 1 amide bonds. The molecule has 3 aromatic rings. The third kappa shape index (κ3) is 4.91. The van der Waals surface area contributed by atoms with Gasteiger partial charge in [0.25, 0.3) is 0 Å². The van der Waals surface area contributed by atoms with Crippen LogP contribution in [0.1, 0.15) is 30.0 Å². The van der Waals surface area contributed by atoms with Crippen molar-refractivity contribution in [3.63, 3.8) is 0 Å². The summed E-state index contributed by atoms with van der Waals surface area (Å²) in [4.78, 5) is 25.0. The van der Waals surface area contributed by atoms with Crippen LogP contribution >= 0.6 is 0 Å². The fourth-order valence-electron chi connectivity index (χ4n) is 3.14. The molecule has 0 saturated heterocycles. The summed E-state index contributed by atoms with van der Waals surface area (Å²) in [5.74, 6) is 0.652. The van der Waals surface area contributed by atoms with Gasteiger partial charge in [-0.25, -0.2) is 4.79 Å². The molecule has 2 aromatic carbocycles. The van der Waals surface area contributed by atoms with Crippen LogP contribution in [0.3, 0.4) is 0 Å². The fourth-order valence-corrected chi connectivity index (χ4v) is 3.14. The molecular weight excluding hydrogens is 402 g/mol. The standard InChI is InChI=1S/C23H25NO7/c1-5-29-18-9-7-14(11-19(18)30-6-2)12-20(25)24-21-16-13-15(27-3)8-10-17(16)31-22(21)23(26)28-4/h7-11,13H,5-6,12H2,1-4H3,(H,24,25). The van der Waals surface area contributed by atoms with Crippen molar-refractivity contribution in [1.29, 1.82) is 0 Å². The van der Waals surface area contributed by atoms with Gasteiger partial charge >= 0.3 is 5.97 Å². The third-order valence-electron chi connectivity index (χ3n) is 4.50. The summed E-state index contributed by atoms with van der Waals surface area (Å²) >= 11 is 0. The molecule has 0 unspecified atom stereocenters. The number of esters is 1. The van der Waals surface area contributed by atoms with Crippen molar-refractivity contribution in [3.8, 4) is 17.2 Å². The molecule has 0 aliphatic carbocycles. The number of carbonyl (C=O) groups is 2. The van der Waals surface area contributed by atoms with Gasteiger partial charge in [-0.3, -0.25) is 4.79 Å². The van der Waals surface area contributed by atoms with E-state index in [1.807, 2.05) is 13.8 Å². The molecule has 0 atom stereocenters. The zero-order chi connectivity index (χ0) is 22.4. The SMILES string of the molecule is CCOc1ccc(CC(=O)Nc2c(C(=O)OC)oc3ccc(OC)cc23)cc1OCC. The van der Waals surface area contributed by atoms with Crippen molar-refractivity contribution < 1.29 is 33.0 Å². The summed E-state index contributed by atoms with van der Waals surface area (Å²) in [5, 5.41) is 3.32. The number of amides is 1. The van der Waals surface area contributed by atoms with Crippen LogP contribution in [0.25, 0.3) is 11.0 Å². The quantitative estimate of drug-likeness (QED) is 0.511. The zero-order valence-electron chi connectivity index (χ0n) is 17.9. The first-order valence-corrected chi connectivity index (χ1v) is 9.87. The number of hydrogen-bond acceptors (Lipinski definition) is 7. The second-order valence-electron chi connectivity index (χ2n) is 6.53. The number of nitrogens with one attached hydrogen (secondary N) is 1. The number of hydrogen-bond donors (Lipinski definition) is 1. The Morgan fingerprint density at radius 2 is 1.71 bits per heavy atom. The summed E-state index contributed by atoms with van der Waals surface area (Å²) < 4.78 is 26.8. The molecule has 164 valence electrons. The van der Waals surface area contributed by atoms with E-state index in [9.17, 15) is 9.59 Å². The Balaban J connectivity index is 1.89. The van der Waals surface area contributed by atoms with E-state index in [0.717, 1.165) is 5.56 Å². The lowest BCUT2D eigenvalue weighted by molar-refractivity contribution is -0.115. The van der Waals surface area contributed by atoms with E-state index in [1.165, 1.54) is 14.2 Å². The Morgan fingerprint density at radius 1 is 0.968 bits per heavy atom. The normalized spacial score (nSPS) is 10.6. The van der Waals surface area contributed by atoms with Gasteiger partial charge in [0.1, 0.15) is 17.0 Å². The van der Waals surface area contributed by atoms with Crippen molar-refractivity contribution in [3.05, 3.63) is 47.7 Å². The van der Waals surface area contributed by atoms with Gasteiger partial charge in [-0.1, -0.05) is 6.07 Å². The predicted molar refractivity (Wildman–Crippen MR) is 115 cm³/mol. The summed E-state index contributed by atoms with van der Waals surface area (Å²) in [6.07, 6.45) is 0.0593. The van der Waals surface area contributed by atoms with E-state index in [1.54, 1.807) is 36.4 Å². The van der Waals surface area contributed by atoms with Crippen LogP contribution in [0.4, 0.5) is 5.69 Å². The van der Waals surface area contributed by atoms with E-state index in [2.05, 4.69) is 5.32 Å². The molecule has 8 nitrogen and oxygen atoms in total.